The van der Waals surface area contributed by atoms with E-state index in [1.54, 1.807) is 0 Å². The molecule has 3 aliphatic rings. The van der Waals surface area contributed by atoms with Crippen molar-refractivity contribution in [2.75, 3.05) is 29.9 Å². The van der Waals surface area contributed by atoms with Crippen molar-refractivity contribution in [2.45, 2.75) is 51.0 Å². The van der Waals surface area contributed by atoms with Gasteiger partial charge in [-0.05, 0) is 31.4 Å². The smallest absolute Gasteiger partial charge is 0.331 e. The second-order valence-electron chi connectivity index (χ2n) is 8.20. The molecule has 2 aliphatic heterocycles. The van der Waals surface area contributed by atoms with E-state index < -0.39 is 0 Å². The molecule has 0 radical (unpaired) electrons. The number of nitrogens with one attached hydrogen (secondary N) is 2. The third-order valence-electron chi connectivity index (χ3n) is 6.10. The molecule has 1 aromatic carbocycles. The van der Waals surface area contributed by atoms with Gasteiger partial charge in [-0.3, -0.25) is 14.8 Å². The Morgan fingerprint density at radius 1 is 1.16 bits per heavy atom. The van der Waals surface area contributed by atoms with Crippen LogP contribution < -0.4 is 10.2 Å². The van der Waals surface area contributed by atoms with Gasteiger partial charge in [0.1, 0.15) is 11.5 Å². The van der Waals surface area contributed by atoms with Crippen LogP contribution in [0.5, 0.6) is 0 Å². The number of amides is 2. The topological polar surface area (TPSA) is 76.6 Å². The van der Waals surface area contributed by atoms with E-state index in [1.165, 1.54) is 25.7 Å². The molecule has 1 fully saturated rings. The van der Waals surface area contributed by atoms with Gasteiger partial charge in [0.05, 0.1) is 12.6 Å². The third kappa shape index (κ3) is 4.39. The Bertz CT molecular complexity index is 925. The van der Waals surface area contributed by atoms with E-state index in [1.807, 2.05) is 40.1 Å². The van der Waals surface area contributed by atoms with Gasteiger partial charge in [0.15, 0.2) is 11.7 Å². The number of aromatic nitrogens is 2. The lowest BCUT2D eigenvalue weighted by Gasteiger charge is -2.32. The summed E-state index contributed by atoms with van der Waals surface area (Å²) in [4.78, 5) is 30.2. The molecule has 2 N–H and O–H groups in total. The van der Waals surface area contributed by atoms with Crippen LogP contribution in [0.15, 0.2) is 35.3 Å². The Morgan fingerprint density at radius 3 is 2.61 bits per heavy atom. The molecule has 1 aliphatic carbocycles. The van der Waals surface area contributed by atoms with Crippen LogP contribution in [-0.2, 0) is 0 Å². The second kappa shape index (κ2) is 9.92. The number of rotatable bonds is 6. The number of para-hydroxylation sites is 1. The summed E-state index contributed by atoms with van der Waals surface area (Å²) in [6.07, 6.45) is 5.76. The molecule has 1 saturated carbocycles. The molecule has 0 bridgehead atoms. The molecular formula is C22H30Cl2N6O. The molecule has 2 aromatic rings. The summed E-state index contributed by atoms with van der Waals surface area (Å²) < 4.78 is 0. The average Bonchev–Trinajstić information content (AvgIpc) is 3.49. The molecule has 5 rings (SSSR count). The fourth-order valence-electron chi connectivity index (χ4n) is 4.64. The summed E-state index contributed by atoms with van der Waals surface area (Å²) in [5.41, 5.74) is 1.99. The van der Waals surface area contributed by atoms with Crippen molar-refractivity contribution in [1.82, 2.24) is 14.9 Å². The number of amidine groups is 1. The number of imidazole rings is 1. The molecule has 1 unspecified atom stereocenters. The summed E-state index contributed by atoms with van der Waals surface area (Å²) in [6.45, 7) is 4.07. The van der Waals surface area contributed by atoms with Crippen molar-refractivity contribution in [3.8, 4) is 0 Å². The number of hydrogen-bond acceptors (Lipinski definition) is 4. The molecule has 0 spiro atoms. The molecule has 1 atom stereocenters. The van der Waals surface area contributed by atoms with Crippen molar-refractivity contribution in [3.63, 3.8) is 0 Å². The van der Waals surface area contributed by atoms with E-state index in [4.69, 9.17) is 9.98 Å². The van der Waals surface area contributed by atoms with Crippen LogP contribution in [-0.4, -0.2) is 52.4 Å². The number of aliphatic imine (C=N–C) groups is 1. The number of H-pyrrole nitrogens is 1. The summed E-state index contributed by atoms with van der Waals surface area (Å²) in [5, 5.41) is 3.44. The Labute approximate surface area is 195 Å². The van der Waals surface area contributed by atoms with Gasteiger partial charge < -0.3 is 10.3 Å². The van der Waals surface area contributed by atoms with Crippen molar-refractivity contribution in [1.29, 1.82) is 0 Å². The highest BCUT2D eigenvalue weighted by Gasteiger charge is 2.42. The third-order valence-corrected chi connectivity index (χ3v) is 6.10. The number of fused-ring (bicyclic) bond motifs is 3. The van der Waals surface area contributed by atoms with Crippen LogP contribution in [0.3, 0.4) is 0 Å². The van der Waals surface area contributed by atoms with Crippen molar-refractivity contribution in [2.24, 2.45) is 4.99 Å². The zero-order chi connectivity index (χ0) is 19.8. The lowest BCUT2D eigenvalue weighted by Crippen LogP contribution is -2.50. The molecule has 3 heterocycles. The maximum atomic E-state index is 13.2. The first-order chi connectivity index (χ1) is 14.2. The van der Waals surface area contributed by atoms with E-state index in [-0.39, 0.29) is 36.9 Å². The Hall–Kier alpha value is -2.25. The quantitative estimate of drug-likeness (QED) is 0.643. The zero-order valence-corrected chi connectivity index (χ0v) is 19.3. The maximum Gasteiger partial charge on any atom is 0.331 e. The fourth-order valence-corrected chi connectivity index (χ4v) is 4.64. The van der Waals surface area contributed by atoms with E-state index in [0.717, 1.165) is 35.3 Å². The predicted molar refractivity (Wildman–Crippen MR) is 129 cm³/mol. The number of carbonyl (C=O) groups excluding carboxylic acids is 1. The number of urea groups is 1. The van der Waals surface area contributed by atoms with Crippen LogP contribution in [0.25, 0.3) is 0 Å². The lowest BCUT2D eigenvalue weighted by atomic mass is 10.1. The van der Waals surface area contributed by atoms with Gasteiger partial charge in [-0.2, -0.15) is 0 Å². The van der Waals surface area contributed by atoms with E-state index in [2.05, 4.69) is 17.2 Å². The molecule has 1 aromatic heterocycles. The monoisotopic (exact) mass is 464 g/mol. The number of anilines is 2. The number of halogens is 2. The van der Waals surface area contributed by atoms with Gasteiger partial charge in [-0.15, -0.1) is 24.8 Å². The SMILES string of the molecule is CCCN1C(=O)N2CC(CNc3ccccc3)N=C2c2[nH]c(C3CCCC3)nc21.Cl.Cl. The minimum Gasteiger partial charge on any atom is -0.383 e. The standard InChI is InChI=1S/C22H28N6O.2ClH/c1-2-12-27-21-18(25-19(26-21)15-8-6-7-9-15)20-24-17(14-28(20)22(27)29)13-23-16-10-4-3-5-11-16;;/h3-5,10-11,15,17,23H,2,6-9,12-14H2,1H3,(H,25,26);2*1H. The number of nitrogens with zero attached hydrogens (tertiary/aromatic N) is 4. The maximum absolute atomic E-state index is 13.2. The number of carbonyl (C=O) groups is 1. The van der Waals surface area contributed by atoms with E-state index in [9.17, 15) is 4.79 Å². The van der Waals surface area contributed by atoms with E-state index in [0.29, 0.717) is 25.6 Å². The Morgan fingerprint density at radius 2 is 1.90 bits per heavy atom. The highest BCUT2D eigenvalue weighted by molar-refractivity contribution is 6.18. The van der Waals surface area contributed by atoms with Gasteiger partial charge in [0, 0.05) is 24.7 Å². The molecular weight excluding hydrogens is 435 g/mol. The van der Waals surface area contributed by atoms with E-state index >= 15 is 0 Å². The summed E-state index contributed by atoms with van der Waals surface area (Å²) >= 11 is 0. The normalized spacial score (nSPS) is 20.0. The summed E-state index contributed by atoms with van der Waals surface area (Å²) in [7, 11) is 0. The first-order valence-electron chi connectivity index (χ1n) is 10.8. The average molecular weight is 465 g/mol. The Balaban J connectivity index is 0.00000136. The van der Waals surface area contributed by atoms with Crippen LogP contribution in [0.2, 0.25) is 0 Å². The highest BCUT2D eigenvalue weighted by Crippen LogP contribution is 2.37. The molecule has 168 valence electrons. The first kappa shape index (κ1) is 23.4. The number of hydrogen-bond donors (Lipinski definition) is 2. The zero-order valence-electron chi connectivity index (χ0n) is 17.7. The minimum absolute atomic E-state index is 0. The molecule has 7 nitrogen and oxygen atoms in total. The fraction of sp³-hybridized carbons (Fsp3) is 0.500. The molecule has 0 saturated heterocycles. The van der Waals surface area contributed by atoms with Crippen LogP contribution >= 0.6 is 24.8 Å². The van der Waals surface area contributed by atoms with Crippen LogP contribution in [0.1, 0.15) is 56.5 Å². The van der Waals surface area contributed by atoms with Gasteiger partial charge >= 0.3 is 6.03 Å². The Kier molecular flexibility index (Phi) is 7.49. The van der Waals surface area contributed by atoms with Gasteiger partial charge in [0.25, 0.3) is 0 Å². The van der Waals surface area contributed by atoms with Crippen molar-refractivity contribution >= 4 is 48.2 Å². The van der Waals surface area contributed by atoms with Crippen LogP contribution in [0.4, 0.5) is 16.3 Å². The van der Waals surface area contributed by atoms with Crippen molar-refractivity contribution < 1.29 is 4.79 Å². The first-order valence-corrected chi connectivity index (χ1v) is 10.8. The predicted octanol–water partition coefficient (Wildman–Crippen LogP) is 4.80. The van der Waals surface area contributed by atoms with Gasteiger partial charge in [-0.1, -0.05) is 38.0 Å². The summed E-state index contributed by atoms with van der Waals surface area (Å²) in [6, 6.07) is 10.2. The molecule has 2 amide bonds. The number of aromatic amines is 1. The number of benzene rings is 1. The van der Waals surface area contributed by atoms with Gasteiger partial charge in [-0.25, -0.2) is 9.78 Å². The van der Waals surface area contributed by atoms with Crippen LogP contribution in [0, 0.1) is 0 Å². The lowest BCUT2D eigenvalue weighted by molar-refractivity contribution is 0.227. The van der Waals surface area contributed by atoms with Crippen molar-refractivity contribution in [3.05, 3.63) is 41.9 Å². The summed E-state index contributed by atoms with van der Waals surface area (Å²) in [5.74, 6) is 3.03. The van der Waals surface area contributed by atoms with Gasteiger partial charge in [0.2, 0.25) is 0 Å². The molecule has 31 heavy (non-hydrogen) atoms. The largest absolute Gasteiger partial charge is 0.383 e. The minimum atomic E-state index is 0. The highest BCUT2D eigenvalue weighted by atomic mass is 35.5. The molecule has 9 heteroatoms. The second-order valence-corrected chi connectivity index (χ2v) is 8.20.